The Kier molecular flexibility index (Phi) is 5.62. The molecule has 0 radical (unpaired) electrons. The number of ether oxygens (including phenoxy) is 1. The van der Waals surface area contributed by atoms with Crippen LogP contribution in [-0.2, 0) is 0 Å². The molecule has 0 N–H and O–H groups in total. The third-order valence-corrected chi connectivity index (χ3v) is 5.93. The van der Waals surface area contributed by atoms with Crippen molar-refractivity contribution in [2.45, 2.75) is 31.7 Å². The molecule has 1 atom stereocenters. The minimum Gasteiger partial charge on any atom is -0.497 e. The smallest absolute Gasteiger partial charge is 0.257 e. The molecule has 1 amide bonds. The maximum atomic E-state index is 14.8. The van der Waals surface area contributed by atoms with Gasteiger partial charge in [0.15, 0.2) is 0 Å². The Morgan fingerprint density at radius 1 is 1.04 bits per heavy atom. The van der Waals surface area contributed by atoms with Crippen molar-refractivity contribution in [3.63, 3.8) is 0 Å². The molecule has 4 rings (SSSR count). The van der Waals surface area contributed by atoms with Gasteiger partial charge in [0.1, 0.15) is 11.6 Å². The average Bonchev–Trinajstić information content (AvgIpc) is 3.40. The van der Waals surface area contributed by atoms with Crippen LogP contribution in [-0.4, -0.2) is 55.0 Å². The molecule has 2 aliphatic rings. The van der Waals surface area contributed by atoms with Crippen LogP contribution in [0.15, 0.2) is 42.5 Å². The van der Waals surface area contributed by atoms with E-state index >= 15 is 0 Å². The highest BCUT2D eigenvalue weighted by molar-refractivity contribution is 5.95. The Balaban J connectivity index is 1.50. The molecule has 148 valence electrons. The van der Waals surface area contributed by atoms with Crippen molar-refractivity contribution in [3.05, 3.63) is 53.8 Å². The number of carbonyl (C=O) groups excluding carboxylic acids is 1. The molecule has 0 aliphatic carbocycles. The van der Waals surface area contributed by atoms with Crippen LogP contribution in [0.3, 0.4) is 0 Å². The van der Waals surface area contributed by atoms with Crippen LogP contribution in [0.4, 0.5) is 4.39 Å². The predicted octanol–water partition coefficient (Wildman–Crippen LogP) is 4.20. The lowest BCUT2D eigenvalue weighted by molar-refractivity contribution is 0.0704. The zero-order valence-corrected chi connectivity index (χ0v) is 16.4. The number of hydrogen-bond acceptors (Lipinski definition) is 3. The number of amides is 1. The van der Waals surface area contributed by atoms with Crippen LogP contribution in [0.25, 0.3) is 11.1 Å². The molecule has 5 heteroatoms. The van der Waals surface area contributed by atoms with Gasteiger partial charge in [-0.25, -0.2) is 4.39 Å². The number of rotatable bonds is 5. The molecular formula is C23H27FN2O2. The fourth-order valence-electron chi connectivity index (χ4n) is 4.36. The number of likely N-dealkylation sites (tertiary alicyclic amines) is 2. The first-order valence-corrected chi connectivity index (χ1v) is 10.1. The second-order valence-corrected chi connectivity index (χ2v) is 7.73. The Morgan fingerprint density at radius 2 is 1.75 bits per heavy atom. The molecule has 2 heterocycles. The van der Waals surface area contributed by atoms with E-state index in [1.807, 2.05) is 35.2 Å². The summed E-state index contributed by atoms with van der Waals surface area (Å²) >= 11 is 0. The summed E-state index contributed by atoms with van der Waals surface area (Å²) in [5.74, 6) is 0.125. The number of nitrogens with zero attached hydrogens (tertiary/aromatic N) is 2. The quantitative estimate of drug-likeness (QED) is 0.777. The first kappa shape index (κ1) is 18.9. The van der Waals surface area contributed by atoms with E-state index in [1.165, 1.54) is 18.9 Å². The van der Waals surface area contributed by atoms with Crippen molar-refractivity contribution in [1.82, 2.24) is 9.80 Å². The topological polar surface area (TPSA) is 32.8 Å². The minimum atomic E-state index is -0.454. The zero-order chi connectivity index (χ0) is 19.5. The Morgan fingerprint density at radius 3 is 2.43 bits per heavy atom. The lowest BCUT2D eigenvalue weighted by Gasteiger charge is -2.28. The summed E-state index contributed by atoms with van der Waals surface area (Å²) in [4.78, 5) is 17.3. The fourth-order valence-corrected chi connectivity index (χ4v) is 4.36. The summed E-state index contributed by atoms with van der Waals surface area (Å²) in [5.41, 5.74) is 1.82. The van der Waals surface area contributed by atoms with Gasteiger partial charge in [0.2, 0.25) is 0 Å². The zero-order valence-electron chi connectivity index (χ0n) is 16.4. The lowest BCUT2D eigenvalue weighted by atomic mass is 10.0. The molecule has 2 aromatic carbocycles. The molecular weight excluding hydrogens is 355 g/mol. The average molecular weight is 382 g/mol. The maximum Gasteiger partial charge on any atom is 0.257 e. The van der Waals surface area contributed by atoms with E-state index in [-0.39, 0.29) is 17.5 Å². The molecule has 4 nitrogen and oxygen atoms in total. The number of hydrogen-bond donors (Lipinski definition) is 0. The highest BCUT2D eigenvalue weighted by atomic mass is 19.1. The Bertz CT molecular complexity index is 831. The van der Waals surface area contributed by atoms with Crippen LogP contribution in [0.5, 0.6) is 5.75 Å². The highest BCUT2D eigenvalue weighted by Crippen LogP contribution is 2.27. The first-order chi connectivity index (χ1) is 13.7. The van der Waals surface area contributed by atoms with Gasteiger partial charge >= 0.3 is 0 Å². The molecule has 0 spiro atoms. The summed E-state index contributed by atoms with van der Waals surface area (Å²) in [6.07, 6.45) is 4.48. The number of methoxy groups -OCH3 is 1. The van der Waals surface area contributed by atoms with E-state index in [4.69, 9.17) is 4.74 Å². The van der Waals surface area contributed by atoms with E-state index in [0.717, 1.165) is 55.9 Å². The van der Waals surface area contributed by atoms with Crippen LogP contribution < -0.4 is 4.74 Å². The third kappa shape index (κ3) is 3.90. The SMILES string of the molecule is COc1ccc(-c2ccc(C(=O)N3CCCC3CN3CCCC3)c(F)c2)cc1. The van der Waals surface area contributed by atoms with E-state index < -0.39 is 5.82 Å². The van der Waals surface area contributed by atoms with Gasteiger partial charge in [-0.2, -0.15) is 0 Å². The molecule has 1 unspecified atom stereocenters. The Labute approximate surface area is 165 Å². The van der Waals surface area contributed by atoms with Crippen molar-refractivity contribution in [2.24, 2.45) is 0 Å². The minimum absolute atomic E-state index is 0.172. The summed E-state index contributed by atoms with van der Waals surface area (Å²) in [7, 11) is 1.62. The van der Waals surface area contributed by atoms with E-state index in [1.54, 1.807) is 13.2 Å². The normalized spacial score (nSPS) is 19.9. The van der Waals surface area contributed by atoms with Crippen LogP contribution >= 0.6 is 0 Å². The van der Waals surface area contributed by atoms with Crippen molar-refractivity contribution >= 4 is 5.91 Å². The predicted molar refractivity (Wildman–Crippen MR) is 108 cm³/mol. The number of benzene rings is 2. The van der Waals surface area contributed by atoms with Gasteiger partial charge in [-0.15, -0.1) is 0 Å². The third-order valence-electron chi connectivity index (χ3n) is 5.93. The standard InChI is InChI=1S/C23H27FN2O2/c1-28-20-9-6-17(7-10-20)18-8-11-21(22(24)15-18)23(27)26-14-4-5-19(26)16-25-12-2-3-13-25/h6-11,15,19H,2-5,12-14,16H2,1H3. The summed E-state index contributed by atoms with van der Waals surface area (Å²) < 4.78 is 20.0. The van der Waals surface area contributed by atoms with Crippen LogP contribution in [0, 0.1) is 5.82 Å². The summed E-state index contributed by atoms with van der Waals surface area (Å²) in [6, 6.07) is 12.6. The van der Waals surface area contributed by atoms with Gasteiger partial charge in [0, 0.05) is 19.1 Å². The van der Waals surface area contributed by atoms with Crippen molar-refractivity contribution < 1.29 is 13.9 Å². The largest absolute Gasteiger partial charge is 0.497 e. The maximum absolute atomic E-state index is 14.8. The van der Waals surface area contributed by atoms with Crippen LogP contribution in [0.2, 0.25) is 0 Å². The van der Waals surface area contributed by atoms with Crippen molar-refractivity contribution in [3.8, 4) is 16.9 Å². The number of halogens is 1. The summed E-state index contributed by atoms with van der Waals surface area (Å²) in [5, 5.41) is 0. The van der Waals surface area contributed by atoms with Gasteiger partial charge in [0.05, 0.1) is 12.7 Å². The molecule has 2 saturated heterocycles. The fraction of sp³-hybridized carbons (Fsp3) is 0.435. The van der Waals surface area contributed by atoms with E-state index in [0.29, 0.717) is 0 Å². The Hall–Kier alpha value is -2.40. The number of carbonyl (C=O) groups is 1. The molecule has 0 saturated carbocycles. The van der Waals surface area contributed by atoms with Gasteiger partial charge in [-0.1, -0.05) is 18.2 Å². The lowest BCUT2D eigenvalue weighted by Crippen LogP contribution is -2.42. The molecule has 0 bridgehead atoms. The first-order valence-electron chi connectivity index (χ1n) is 10.1. The molecule has 2 aliphatic heterocycles. The molecule has 0 aromatic heterocycles. The van der Waals surface area contributed by atoms with E-state index in [2.05, 4.69) is 4.90 Å². The molecule has 2 aromatic rings. The van der Waals surface area contributed by atoms with Crippen molar-refractivity contribution in [2.75, 3.05) is 33.3 Å². The van der Waals surface area contributed by atoms with Gasteiger partial charge < -0.3 is 14.5 Å². The van der Waals surface area contributed by atoms with Gasteiger partial charge in [-0.05, 0) is 74.2 Å². The summed E-state index contributed by atoms with van der Waals surface area (Å²) in [6.45, 7) is 3.86. The van der Waals surface area contributed by atoms with Gasteiger partial charge in [-0.3, -0.25) is 4.79 Å². The van der Waals surface area contributed by atoms with Crippen molar-refractivity contribution in [1.29, 1.82) is 0 Å². The molecule has 28 heavy (non-hydrogen) atoms. The second kappa shape index (κ2) is 8.31. The van der Waals surface area contributed by atoms with E-state index in [9.17, 15) is 9.18 Å². The monoisotopic (exact) mass is 382 g/mol. The highest BCUT2D eigenvalue weighted by Gasteiger charge is 2.32. The second-order valence-electron chi connectivity index (χ2n) is 7.73. The van der Waals surface area contributed by atoms with Gasteiger partial charge in [0.25, 0.3) is 5.91 Å². The van der Waals surface area contributed by atoms with Crippen LogP contribution in [0.1, 0.15) is 36.0 Å². The molecule has 2 fully saturated rings.